The maximum Gasteiger partial charge on any atom is 0.0713 e. The smallest absolute Gasteiger partial charge is 0.0713 e. The highest BCUT2D eigenvalue weighted by atomic mass is 16.5. The predicted octanol–water partition coefficient (Wildman–Crippen LogP) is 13.0. The van der Waals surface area contributed by atoms with Gasteiger partial charge in [-0.3, -0.25) is 0 Å². The van der Waals surface area contributed by atoms with Crippen molar-refractivity contribution in [3.8, 4) is 11.1 Å². The first kappa shape index (κ1) is 46.7. The molecule has 242 valence electrons. The zero-order valence-electron chi connectivity index (χ0n) is 29.5. The van der Waals surface area contributed by atoms with Gasteiger partial charge in [-0.15, -0.1) is 0 Å². The SMILES string of the molecule is C.CC.CC.CC.CC.COCc1ccc(-c2ccc(C)cc2)cc1.COCc1ccc(C)cc1.Cc1ccc(C)cc1. The lowest BCUT2D eigenvalue weighted by molar-refractivity contribution is 0.185. The van der Waals surface area contributed by atoms with Crippen molar-refractivity contribution in [1.29, 1.82) is 0 Å². The lowest BCUT2D eigenvalue weighted by Gasteiger charge is -2.04. The average Bonchev–Trinajstić information content (AvgIpc) is 3.05. The van der Waals surface area contributed by atoms with E-state index < -0.39 is 0 Å². The normalized spacial score (nSPS) is 8.42. The van der Waals surface area contributed by atoms with Crippen molar-refractivity contribution in [3.63, 3.8) is 0 Å². The molecule has 0 saturated heterocycles. The third-order valence-electron chi connectivity index (χ3n) is 5.30. The van der Waals surface area contributed by atoms with Gasteiger partial charge in [0.25, 0.3) is 0 Å². The molecule has 0 aromatic heterocycles. The topological polar surface area (TPSA) is 18.5 Å². The van der Waals surface area contributed by atoms with Crippen molar-refractivity contribution in [2.45, 2.75) is 104 Å². The minimum atomic E-state index is 0. The van der Waals surface area contributed by atoms with Crippen molar-refractivity contribution >= 4 is 0 Å². The van der Waals surface area contributed by atoms with E-state index in [4.69, 9.17) is 9.47 Å². The summed E-state index contributed by atoms with van der Waals surface area (Å²) in [5.74, 6) is 0. The molecule has 0 radical (unpaired) electrons. The Bertz CT molecular complexity index is 1040. The zero-order chi connectivity index (χ0) is 32.8. The van der Waals surface area contributed by atoms with E-state index in [1.807, 2.05) is 55.4 Å². The van der Waals surface area contributed by atoms with Crippen LogP contribution in [-0.2, 0) is 22.7 Å². The van der Waals surface area contributed by atoms with Crippen LogP contribution < -0.4 is 0 Å². The van der Waals surface area contributed by atoms with Crippen LogP contribution in [0.25, 0.3) is 11.1 Å². The largest absolute Gasteiger partial charge is 0.380 e. The van der Waals surface area contributed by atoms with Crippen molar-refractivity contribution in [3.05, 3.63) is 130 Å². The Morgan fingerprint density at radius 3 is 0.791 bits per heavy atom. The van der Waals surface area contributed by atoms with E-state index >= 15 is 0 Å². The van der Waals surface area contributed by atoms with Crippen molar-refractivity contribution in [1.82, 2.24) is 0 Å². The number of benzene rings is 4. The second-order valence-corrected chi connectivity index (χ2v) is 8.57. The quantitative estimate of drug-likeness (QED) is 0.230. The van der Waals surface area contributed by atoms with Crippen LogP contribution in [-0.4, -0.2) is 14.2 Å². The highest BCUT2D eigenvalue weighted by Crippen LogP contribution is 2.20. The van der Waals surface area contributed by atoms with Crippen LogP contribution in [0.2, 0.25) is 0 Å². The molecule has 0 aliphatic rings. The Balaban J connectivity index is -0.000000245. The summed E-state index contributed by atoms with van der Waals surface area (Å²) in [6.07, 6.45) is 0. The van der Waals surface area contributed by atoms with E-state index in [9.17, 15) is 0 Å². The molecular formula is C41H66O2. The van der Waals surface area contributed by atoms with E-state index in [-0.39, 0.29) is 7.43 Å². The van der Waals surface area contributed by atoms with Gasteiger partial charge in [0, 0.05) is 14.2 Å². The monoisotopic (exact) mass is 591 g/mol. The summed E-state index contributed by atoms with van der Waals surface area (Å²) in [7, 11) is 3.42. The molecule has 0 spiro atoms. The van der Waals surface area contributed by atoms with Gasteiger partial charge in [0.1, 0.15) is 0 Å². The summed E-state index contributed by atoms with van der Waals surface area (Å²) in [5.41, 5.74) is 10.2. The highest BCUT2D eigenvalue weighted by molar-refractivity contribution is 5.63. The molecule has 0 amide bonds. The second kappa shape index (κ2) is 33.3. The van der Waals surface area contributed by atoms with Gasteiger partial charge in [0.05, 0.1) is 13.2 Å². The fourth-order valence-electron chi connectivity index (χ4n) is 3.19. The zero-order valence-corrected chi connectivity index (χ0v) is 29.5. The van der Waals surface area contributed by atoms with Gasteiger partial charge in [-0.25, -0.2) is 0 Å². The number of ether oxygens (including phenoxy) is 2. The number of rotatable bonds is 5. The number of aryl methyl sites for hydroxylation is 4. The molecule has 4 aromatic carbocycles. The van der Waals surface area contributed by atoms with E-state index in [0.717, 1.165) is 0 Å². The van der Waals surface area contributed by atoms with Crippen molar-refractivity contribution < 1.29 is 9.47 Å². The van der Waals surface area contributed by atoms with Crippen LogP contribution in [0.1, 0.15) is 96.2 Å². The van der Waals surface area contributed by atoms with Gasteiger partial charge in [0.15, 0.2) is 0 Å². The number of hydrogen-bond donors (Lipinski definition) is 0. The fraction of sp³-hybridized carbons (Fsp3) is 0.415. The Labute approximate surface area is 268 Å². The summed E-state index contributed by atoms with van der Waals surface area (Å²) >= 11 is 0. The lowest BCUT2D eigenvalue weighted by atomic mass is 10.0. The number of hydrogen-bond acceptors (Lipinski definition) is 2. The summed E-state index contributed by atoms with van der Waals surface area (Å²) in [6, 6.07) is 33.9. The minimum Gasteiger partial charge on any atom is -0.380 e. The van der Waals surface area contributed by atoms with Crippen molar-refractivity contribution in [2.24, 2.45) is 0 Å². The molecule has 0 atom stereocenters. The standard InChI is InChI=1S/C15H16O.C9H12O.C8H10.4C2H6.CH4/c1-12-3-7-14(8-4-12)15-9-5-13(6-10-15)11-16-2;1-8-3-5-9(6-4-8)7-10-2;1-7-3-5-8(2)6-4-7;4*1-2;/h3-10H,11H2,1-2H3;3-6H,7H2,1-2H3;3-6H,1-2H3;4*1-2H3;1H4. The third-order valence-corrected chi connectivity index (χ3v) is 5.30. The van der Waals surface area contributed by atoms with Gasteiger partial charge < -0.3 is 9.47 Å². The molecule has 0 aliphatic heterocycles. The predicted molar refractivity (Wildman–Crippen MR) is 197 cm³/mol. The Kier molecular flexibility index (Phi) is 36.2. The number of methoxy groups -OCH3 is 2. The average molecular weight is 591 g/mol. The molecule has 2 nitrogen and oxygen atoms in total. The van der Waals surface area contributed by atoms with Crippen LogP contribution >= 0.6 is 0 Å². The highest BCUT2D eigenvalue weighted by Gasteiger charge is 1.97. The summed E-state index contributed by atoms with van der Waals surface area (Å²) < 4.78 is 10.1. The maximum absolute atomic E-state index is 5.09. The van der Waals surface area contributed by atoms with E-state index in [1.54, 1.807) is 14.2 Å². The van der Waals surface area contributed by atoms with Gasteiger partial charge in [-0.2, -0.15) is 0 Å². The van der Waals surface area contributed by atoms with Crippen LogP contribution in [0, 0.1) is 27.7 Å². The van der Waals surface area contributed by atoms with Gasteiger partial charge >= 0.3 is 0 Å². The molecule has 0 N–H and O–H groups in total. The second-order valence-electron chi connectivity index (χ2n) is 8.57. The van der Waals surface area contributed by atoms with E-state index in [0.29, 0.717) is 13.2 Å². The van der Waals surface area contributed by atoms with Crippen LogP contribution in [0.5, 0.6) is 0 Å². The van der Waals surface area contributed by atoms with Gasteiger partial charge in [-0.1, -0.05) is 182 Å². The fourth-order valence-corrected chi connectivity index (χ4v) is 3.19. The van der Waals surface area contributed by atoms with E-state index in [1.165, 1.54) is 44.5 Å². The first-order valence-electron chi connectivity index (χ1n) is 15.6. The van der Waals surface area contributed by atoms with Crippen LogP contribution in [0.3, 0.4) is 0 Å². The molecule has 0 aliphatic carbocycles. The first-order valence-corrected chi connectivity index (χ1v) is 15.6. The van der Waals surface area contributed by atoms with Gasteiger partial charge in [-0.05, 0) is 49.9 Å². The molecule has 0 saturated carbocycles. The van der Waals surface area contributed by atoms with E-state index in [2.05, 4.69) is 125 Å². The molecular weight excluding hydrogens is 524 g/mol. The van der Waals surface area contributed by atoms with Crippen LogP contribution in [0.15, 0.2) is 97.1 Å². The lowest BCUT2D eigenvalue weighted by Crippen LogP contribution is -1.86. The van der Waals surface area contributed by atoms with Crippen LogP contribution in [0.4, 0.5) is 0 Å². The Hall–Kier alpha value is -3.20. The molecule has 0 heterocycles. The summed E-state index contributed by atoms with van der Waals surface area (Å²) in [4.78, 5) is 0. The third kappa shape index (κ3) is 24.0. The maximum atomic E-state index is 5.09. The van der Waals surface area contributed by atoms with Gasteiger partial charge in [0.2, 0.25) is 0 Å². The van der Waals surface area contributed by atoms with Crippen molar-refractivity contribution in [2.75, 3.05) is 14.2 Å². The Morgan fingerprint density at radius 1 is 0.349 bits per heavy atom. The molecule has 0 fully saturated rings. The summed E-state index contributed by atoms with van der Waals surface area (Å²) in [5, 5.41) is 0. The first-order chi connectivity index (χ1) is 20.4. The molecule has 4 aromatic rings. The minimum absolute atomic E-state index is 0. The molecule has 0 bridgehead atoms. The molecule has 0 unspecified atom stereocenters. The molecule has 2 heteroatoms. The Morgan fingerprint density at radius 2 is 0.535 bits per heavy atom. The summed E-state index contributed by atoms with van der Waals surface area (Å²) in [6.45, 7) is 25.8. The molecule has 43 heavy (non-hydrogen) atoms. The molecule has 4 rings (SSSR count).